The second-order valence-corrected chi connectivity index (χ2v) is 4.15. The van der Waals surface area contributed by atoms with Crippen molar-refractivity contribution in [1.29, 1.82) is 0 Å². The molecule has 0 aromatic carbocycles. The first-order valence-electron chi connectivity index (χ1n) is 4.31. The zero-order valence-corrected chi connectivity index (χ0v) is 8.95. The lowest BCUT2D eigenvalue weighted by atomic mass is 10.1. The number of esters is 1. The molecule has 0 spiro atoms. The van der Waals surface area contributed by atoms with E-state index in [1.54, 1.807) is 11.8 Å². The van der Waals surface area contributed by atoms with Gasteiger partial charge < -0.3 is 4.74 Å². The molecule has 12 heavy (non-hydrogen) atoms. The molecule has 0 radical (unpaired) electrons. The fraction of sp³-hybridized carbons (Fsp3) is 0.889. The van der Waals surface area contributed by atoms with Gasteiger partial charge in [0.1, 0.15) is 0 Å². The van der Waals surface area contributed by atoms with Crippen molar-refractivity contribution >= 4 is 17.7 Å². The third-order valence-electron chi connectivity index (χ3n) is 1.33. The van der Waals surface area contributed by atoms with E-state index in [2.05, 4.69) is 6.26 Å². The third-order valence-corrected chi connectivity index (χ3v) is 2.03. The summed E-state index contributed by atoms with van der Waals surface area (Å²) in [5, 5.41) is 0. The number of ether oxygens (including phenoxy) is 1. The molecule has 0 atom stereocenters. The second kappa shape index (κ2) is 7.47. The molecule has 0 bridgehead atoms. The zero-order chi connectivity index (χ0) is 9.40. The van der Waals surface area contributed by atoms with Crippen LogP contribution in [0.25, 0.3) is 0 Å². The molecule has 0 aliphatic heterocycles. The summed E-state index contributed by atoms with van der Waals surface area (Å²) in [5.41, 5.74) is 0. The summed E-state index contributed by atoms with van der Waals surface area (Å²) in [7, 11) is 0. The van der Waals surface area contributed by atoms with Gasteiger partial charge in [0.25, 0.3) is 0 Å². The molecule has 2 nitrogen and oxygen atoms in total. The van der Waals surface area contributed by atoms with Crippen LogP contribution in [0, 0.1) is 5.92 Å². The lowest BCUT2D eigenvalue weighted by Crippen LogP contribution is -2.09. The van der Waals surface area contributed by atoms with Crippen molar-refractivity contribution in [1.82, 2.24) is 0 Å². The van der Waals surface area contributed by atoms with Crippen LogP contribution in [0.5, 0.6) is 0 Å². The van der Waals surface area contributed by atoms with E-state index in [1.807, 2.05) is 13.8 Å². The van der Waals surface area contributed by atoms with Crippen molar-refractivity contribution in [2.24, 2.45) is 5.92 Å². The molecule has 0 saturated carbocycles. The molecule has 0 aliphatic rings. The molecule has 0 aromatic heterocycles. The van der Waals surface area contributed by atoms with Gasteiger partial charge in [0.15, 0.2) is 0 Å². The van der Waals surface area contributed by atoms with Crippen molar-refractivity contribution in [3.05, 3.63) is 0 Å². The Hall–Kier alpha value is -0.180. The Balaban J connectivity index is 3.20. The summed E-state index contributed by atoms with van der Waals surface area (Å²) in [6, 6.07) is 0. The third kappa shape index (κ3) is 7.92. The minimum absolute atomic E-state index is 0.0638. The number of rotatable bonds is 6. The van der Waals surface area contributed by atoms with Crippen LogP contribution < -0.4 is 0 Å². The van der Waals surface area contributed by atoms with Crippen LogP contribution in [-0.4, -0.2) is 24.6 Å². The summed E-state index contributed by atoms with van der Waals surface area (Å²) in [6.07, 6.45) is 3.56. The van der Waals surface area contributed by atoms with Crippen LogP contribution in [0.15, 0.2) is 0 Å². The highest BCUT2D eigenvalue weighted by atomic mass is 32.2. The second-order valence-electron chi connectivity index (χ2n) is 3.16. The molecule has 0 N–H and O–H groups in total. The van der Waals surface area contributed by atoms with Crippen molar-refractivity contribution in [3.63, 3.8) is 0 Å². The van der Waals surface area contributed by atoms with Gasteiger partial charge in [-0.3, -0.25) is 4.79 Å². The van der Waals surface area contributed by atoms with Gasteiger partial charge in [-0.1, -0.05) is 13.8 Å². The topological polar surface area (TPSA) is 26.3 Å². The standard InChI is InChI=1S/C9H18O2S/c1-8(2)7-9(10)11-5-4-6-12-3/h8H,4-7H2,1-3H3. The number of hydrogen-bond acceptors (Lipinski definition) is 3. The van der Waals surface area contributed by atoms with Crippen LogP contribution in [0.1, 0.15) is 26.7 Å². The zero-order valence-electron chi connectivity index (χ0n) is 8.13. The maximum absolute atomic E-state index is 11.0. The minimum atomic E-state index is -0.0638. The van der Waals surface area contributed by atoms with Crippen molar-refractivity contribution in [3.8, 4) is 0 Å². The highest BCUT2D eigenvalue weighted by Gasteiger charge is 2.04. The van der Waals surface area contributed by atoms with E-state index in [0.29, 0.717) is 18.9 Å². The molecular weight excluding hydrogens is 172 g/mol. The molecule has 3 heteroatoms. The molecule has 0 heterocycles. The van der Waals surface area contributed by atoms with E-state index in [9.17, 15) is 4.79 Å². The van der Waals surface area contributed by atoms with Gasteiger partial charge in [0, 0.05) is 6.42 Å². The van der Waals surface area contributed by atoms with E-state index in [4.69, 9.17) is 4.74 Å². The molecule has 0 aliphatic carbocycles. The average molecular weight is 190 g/mol. The Kier molecular flexibility index (Phi) is 7.36. The summed E-state index contributed by atoms with van der Waals surface area (Å²) in [6.45, 7) is 4.61. The first kappa shape index (κ1) is 11.8. The van der Waals surface area contributed by atoms with Gasteiger partial charge in [-0.15, -0.1) is 0 Å². The number of thioether (sulfide) groups is 1. The van der Waals surface area contributed by atoms with Gasteiger partial charge >= 0.3 is 5.97 Å². The van der Waals surface area contributed by atoms with Gasteiger partial charge in [0.2, 0.25) is 0 Å². The summed E-state index contributed by atoms with van der Waals surface area (Å²) in [4.78, 5) is 11.0. The largest absolute Gasteiger partial charge is 0.466 e. The monoisotopic (exact) mass is 190 g/mol. The lowest BCUT2D eigenvalue weighted by molar-refractivity contribution is -0.144. The van der Waals surface area contributed by atoms with Crippen LogP contribution in [0.2, 0.25) is 0 Å². The average Bonchev–Trinajstić information content (AvgIpc) is 1.97. The molecule has 0 fully saturated rings. The summed E-state index contributed by atoms with van der Waals surface area (Å²) < 4.78 is 5.00. The summed E-state index contributed by atoms with van der Waals surface area (Å²) >= 11 is 1.78. The lowest BCUT2D eigenvalue weighted by Gasteiger charge is -2.05. The van der Waals surface area contributed by atoms with Gasteiger partial charge in [-0.25, -0.2) is 0 Å². The maximum Gasteiger partial charge on any atom is 0.306 e. The van der Waals surface area contributed by atoms with Crippen LogP contribution >= 0.6 is 11.8 Å². The van der Waals surface area contributed by atoms with Crippen LogP contribution in [0.3, 0.4) is 0 Å². The van der Waals surface area contributed by atoms with Crippen molar-refractivity contribution < 1.29 is 9.53 Å². The van der Waals surface area contributed by atoms with E-state index in [-0.39, 0.29) is 5.97 Å². The van der Waals surface area contributed by atoms with E-state index in [0.717, 1.165) is 12.2 Å². The van der Waals surface area contributed by atoms with Crippen LogP contribution in [0.4, 0.5) is 0 Å². The predicted octanol–water partition coefficient (Wildman–Crippen LogP) is 2.33. The van der Waals surface area contributed by atoms with Gasteiger partial charge in [0.05, 0.1) is 6.61 Å². The van der Waals surface area contributed by atoms with Crippen LogP contribution in [-0.2, 0) is 9.53 Å². The maximum atomic E-state index is 11.0. The fourth-order valence-corrected chi connectivity index (χ4v) is 1.19. The molecule has 0 rings (SSSR count). The molecule has 0 aromatic rings. The number of carbonyl (C=O) groups excluding carboxylic acids is 1. The summed E-state index contributed by atoms with van der Waals surface area (Å²) in [5.74, 6) is 1.40. The SMILES string of the molecule is CSCCCOC(=O)CC(C)C. The van der Waals surface area contributed by atoms with Gasteiger partial charge in [-0.2, -0.15) is 11.8 Å². The first-order valence-corrected chi connectivity index (χ1v) is 5.70. The van der Waals surface area contributed by atoms with E-state index < -0.39 is 0 Å². The quantitative estimate of drug-likeness (QED) is 0.475. The van der Waals surface area contributed by atoms with E-state index >= 15 is 0 Å². The Morgan fingerprint density at radius 3 is 2.67 bits per heavy atom. The highest BCUT2D eigenvalue weighted by molar-refractivity contribution is 7.98. The Labute approximate surface area is 79.1 Å². The Bertz CT molecular complexity index is 124. The predicted molar refractivity (Wildman–Crippen MR) is 53.4 cm³/mol. The highest BCUT2D eigenvalue weighted by Crippen LogP contribution is 2.02. The van der Waals surface area contributed by atoms with Crippen molar-refractivity contribution in [2.45, 2.75) is 26.7 Å². The molecule has 0 unspecified atom stereocenters. The fourth-order valence-electron chi connectivity index (χ4n) is 0.782. The smallest absolute Gasteiger partial charge is 0.306 e. The molecule has 0 amide bonds. The molecule has 0 saturated heterocycles. The van der Waals surface area contributed by atoms with Gasteiger partial charge in [-0.05, 0) is 24.3 Å². The van der Waals surface area contributed by atoms with Crippen molar-refractivity contribution in [2.75, 3.05) is 18.6 Å². The molecular formula is C9H18O2S. The normalized spacial score (nSPS) is 10.3. The Morgan fingerprint density at radius 2 is 2.17 bits per heavy atom. The first-order chi connectivity index (χ1) is 5.66. The number of carbonyl (C=O) groups is 1. The Morgan fingerprint density at radius 1 is 1.50 bits per heavy atom. The van der Waals surface area contributed by atoms with E-state index in [1.165, 1.54) is 0 Å². The molecule has 72 valence electrons. The minimum Gasteiger partial charge on any atom is -0.466 e. The number of hydrogen-bond donors (Lipinski definition) is 0.